The molecule has 1 aliphatic heterocycles. The van der Waals surface area contributed by atoms with Crippen molar-refractivity contribution in [2.45, 2.75) is 6.04 Å². The zero-order valence-electron chi connectivity index (χ0n) is 7.53. The van der Waals surface area contributed by atoms with Gasteiger partial charge in [-0.3, -0.25) is 0 Å². The van der Waals surface area contributed by atoms with E-state index in [1.54, 1.807) is 12.5 Å². The average Bonchev–Trinajstić information content (AvgIpc) is 2.27. The molecule has 0 radical (unpaired) electrons. The minimum Gasteiger partial charge on any atom is -0.461 e. The lowest BCUT2D eigenvalue weighted by atomic mass is 10.1. The van der Waals surface area contributed by atoms with Gasteiger partial charge in [-0.15, -0.1) is 6.42 Å². The molecular formula is C11H10N2O. The Kier molecular flexibility index (Phi) is 2.13. The molecule has 0 bridgehead atoms. The Morgan fingerprint density at radius 1 is 1.50 bits per heavy atom. The molecule has 2 rings (SSSR count). The maximum atomic E-state index is 5.76. The number of anilines is 1. The van der Waals surface area contributed by atoms with Gasteiger partial charge in [0, 0.05) is 11.8 Å². The van der Waals surface area contributed by atoms with E-state index in [0.717, 1.165) is 17.0 Å². The summed E-state index contributed by atoms with van der Waals surface area (Å²) in [6, 6.07) is 5.21. The SMILES string of the molecule is C#CC(N)c1cccc2c1NC=CO2. The van der Waals surface area contributed by atoms with Crippen molar-refractivity contribution in [2.75, 3.05) is 5.32 Å². The van der Waals surface area contributed by atoms with Crippen molar-refractivity contribution in [1.82, 2.24) is 0 Å². The third kappa shape index (κ3) is 1.32. The van der Waals surface area contributed by atoms with Crippen LogP contribution in [-0.4, -0.2) is 0 Å². The summed E-state index contributed by atoms with van der Waals surface area (Å²) in [5, 5.41) is 3.07. The summed E-state index contributed by atoms with van der Waals surface area (Å²) in [4.78, 5) is 0. The van der Waals surface area contributed by atoms with Gasteiger partial charge in [-0.2, -0.15) is 0 Å². The first-order valence-corrected chi connectivity index (χ1v) is 4.26. The van der Waals surface area contributed by atoms with Crippen LogP contribution in [0.3, 0.4) is 0 Å². The van der Waals surface area contributed by atoms with Crippen LogP contribution < -0.4 is 15.8 Å². The fourth-order valence-electron chi connectivity index (χ4n) is 1.37. The van der Waals surface area contributed by atoms with Crippen molar-refractivity contribution in [1.29, 1.82) is 0 Å². The Bertz CT molecular complexity index is 418. The molecule has 0 spiro atoms. The molecule has 0 saturated heterocycles. The number of hydrogen-bond acceptors (Lipinski definition) is 3. The molecule has 0 amide bonds. The smallest absolute Gasteiger partial charge is 0.150 e. The molecule has 3 nitrogen and oxygen atoms in total. The summed E-state index contributed by atoms with van der Waals surface area (Å²) >= 11 is 0. The van der Waals surface area contributed by atoms with Crippen LogP contribution in [0, 0.1) is 12.3 Å². The minimum atomic E-state index is -0.410. The van der Waals surface area contributed by atoms with Crippen LogP contribution in [-0.2, 0) is 0 Å². The Morgan fingerprint density at radius 3 is 3.14 bits per heavy atom. The highest BCUT2D eigenvalue weighted by Gasteiger charge is 2.14. The number of ether oxygens (including phenoxy) is 1. The number of terminal acetylenes is 1. The molecular weight excluding hydrogens is 176 g/mol. The normalized spacial score (nSPS) is 14.6. The fourth-order valence-corrected chi connectivity index (χ4v) is 1.37. The van der Waals surface area contributed by atoms with Crippen molar-refractivity contribution in [2.24, 2.45) is 5.73 Å². The molecule has 1 heterocycles. The van der Waals surface area contributed by atoms with Gasteiger partial charge in [-0.05, 0) is 6.07 Å². The Hall–Kier alpha value is -1.92. The molecule has 0 fully saturated rings. The number of rotatable bonds is 1. The molecule has 3 heteroatoms. The van der Waals surface area contributed by atoms with Gasteiger partial charge < -0.3 is 15.8 Å². The molecule has 70 valence electrons. The van der Waals surface area contributed by atoms with E-state index in [9.17, 15) is 0 Å². The Labute approximate surface area is 82.6 Å². The van der Waals surface area contributed by atoms with E-state index in [2.05, 4.69) is 11.2 Å². The van der Waals surface area contributed by atoms with E-state index in [0.29, 0.717) is 0 Å². The molecule has 0 saturated carbocycles. The molecule has 14 heavy (non-hydrogen) atoms. The Morgan fingerprint density at radius 2 is 2.36 bits per heavy atom. The number of benzene rings is 1. The zero-order valence-corrected chi connectivity index (χ0v) is 7.53. The van der Waals surface area contributed by atoms with Crippen LogP contribution in [0.25, 0.3) is 0 Å². The van der Waals surface area contributed by atoms with Crippen LogP contribution in [0.5, 0.6) is 5.75 Å². The summed E-state index contributed by atoms with van der Waals surface area (Å²) < 4.78 is 5.29. The predicted molar refractivity (Wildman–Crippen MR) is 55.6 cm³/mol. The van der Waals surface area contributed by atoms with Gasteiger partial charge in [-0.1, -0.05) is 18.1 Å². The standard InChI is InChI=1S/C11H10N2O/c1-2-9(12)8-4-3-5-10-11(8)13-6-7-14-10/h1,3-7,9,13H,12H2. The maximum Gasteiger partial charge on any atom is 0.150 e. The summed E-state index contributed by atoms with van der Waals surface area (Å²) in [6.07, 6.45) is 8.56. The fraction of sp³-hybridized carbons (Fsp3) is 0.0909. The largest absolute Gasteiger partial charge is 0.461 e. The third-order valence-corrected chi connectivity index (χ3v) is 2.06. The second-order valence-corrected chi connectivity index (χ2v) is 2.93. The molecule has 3 N–H and O–H groups in total. The third-order valence-electron chi connectivity index (χ3n) is 2.06. The van der Waals surface area contributed by atoms with Gasteiger partial charge in [0.1, 0.15) is 12.0 Å². The quantitative estimate of drug-likeness (QED) is 0.655. The van der Waals surface area contributed by atoms with E-state index in [1.165, 1.54) is 0 Å². The first-order chi connectivity index (χ1) is 6.83. The van der Waals surface area contributed by atoms with Gasteiger partial charge in [0.2, 0.25) is 0 Å². The molecule has 1 unspecified atom stereocenters. The number of nitrogens with two attached hydrogens (primary N) is 1. The summed E-state index contributed by atoms with van der Waals surface area (Å²) in [6.45, 7) is 0. The van der Waals surface area contributed by atoms with Gasteiger partial charge in [0.15, 0.2) is 0 Å². The van der Waals surface area contributed by atoms with E-state index < -0.39 is 6.04 Å². The maximum absolute atomic E-state index is 5.76. The number of para-hydroxylation sites is 1. The highest BCUT2D eigenvalue weighted by Crippen LogP contribution is 2.33. The lowest BCUT2D eigenvalue weighted by Gasteiger charge is -2.18. The second kappa shape index (κ2) is 3.44. The van der Waals surface area contributed by atoms with Crippen molar-refractivity contribution in [3.63, 3.8) is 0 Å². The van der Waals surface area contributed by atoms with Gasteiger partial charge in [0.05, 0.1) is 11.7 Å². The zero-order chi connectivity index (χ0) is 9.97. The highest BCUT2D eigenvalue weighted by molar-refractivity contribution is 5.66. The molecule has 1 aromatic rings. The van der Waals surface area contributed by atoms with E-state index in [4.69, 9.17) is 16.9 Å². The van der Waals surface area contributed by atoms with Crippen LogP contribution >= 0.6 is 0 Å². The van der Waals surface area contributed by atoms with E-state index in [-0.39, 0.29) is 0 Å². The molecule has 0 aliphatic carbocycles. The van der Waals surface area contributed by atoms with Crippen LogP contribution in [0.1, 0.15) is 11.6 Å². The van der Waals surface area contributed by atoms with Gasteiger partial charge in [0.25, 0.3) is 0 Å². The van der Waals surface area contributed by atoms with Crippen molar-refractivity contribution in [3.05, 3.63) is 36.2 Å². The summed E-state index contributed by atoms with van der Waals surface area (Å²) in [5.74, 6) is 3.24. The first-order valence-electron chi connectivity index (χ1n) is 4.26. The summed E-state index contributed by atoms with van der Waals surface area (Å²) in [7, 11) is 0. The first kappa shape index (κ1) is 8.67. The van der Waals surface area contributed by atoms with Crippen LogP contribution in [0.15, 0.2) is 30.7 Å². The summed E-state index contributed by atoms with van der Waals surface area (Å²) in [5.41, 5.74) is 7.48. The average molecular weight is 186 g/mol. The monoisotopic (exact) mass is 186 g/mol. The van der Waals surface area contributed by atoms with Crippen molar-refractivity contribution < 1.29 is 4.74 Å². The molecule has 1 aliphatic rings. The van der Waals surface area contributed by atoms with E-state index >= 15 is 0 Å². The highest BCUT2D eigenvalue weighted by atomic mass is 16.5. The molecule has 1 atom stereocenters. The molecule has 1 aromatic carbocycles. The van der Waals surface area contributed by atoms with Crippen LogP contribution in [0.2, 0.25) is 0 Å². The topological polar surface area (TPSA) is 47.3 Å². The lowest BCUT2D eigenvalue weighted by Crippen LogP contribution is -2.11. The second-order valence-electron chi connectivity index (χ2n) is 2.93. The van der Waals surface area contributed by atoms with E-state index in [1.807, 2.05) is 18.2 Å². The molecule has 0 aromatic heterocycles. The predicted octanol–water partition coefficient (Wildman–Crippen LogP) is 1.60. The minimum absolute atomic E-state index is 0.410. The van der Waals surface area contributed by atoms with Crippen molar-refractivity contribution >= 4 is 5.69 Å². The van der Waals surface area contributed by atoms with Crippen LogP contribution in [0.4, 0.5) is 5.69 Å². The number of fused-ring (bicyclic) bond motifs is 1. The number of nitrogens with one attached hydrogen (secondary N) is 1. The number of hydrogen-bond donors (Lipinski definition) is 2. The van der Waals surface area contributed by atoms with Gasteiger partial charge >= 0.3 is 0 Å². The van der Waals surface area contributed by atoms with Gasteiger partial charge in [-0.25, -0.2) is 0 Å². The Balaban J connectivity index is 2.49. The lowest BCUT2D eigenvalue weighted by molar-refractivity contribution is 0.476. The van der Waals surface area contributed by atoms with Crippen molar-refractivity contribution in [3.8, 4) is 18.1 Å².